The van der Waals surface area contributed by atoms with Gasteiger partial charge in [0.15, 0.2) is 5.65 Å². The van der Waals surface area contributed by atoms with Crippen molar-refractivity contribution in [2.45, 2.75) is 31.2 Å². The maximum absolute atomic E-state index is 14.4. The first kappa shape index (κ1) is 23.8. The van der Waals surface area contributed by atoms with Gasteiger partial charge in [0.1, 0.15) is 24.0 Å². The van der Waals surface area contributed by atoms with Gasteiger partial charge in [-0.15, -0.1) is 0 Å². The Balaban J connectivity index is 1.47. The molecule has 0 saturated carbocycles. The van der Waals surface area contributed by atoms with Crippen LogP contribution in [0.15, 0.2) is 49.2 Å². The number of aromatic nitrogens is 3. The van der Waals surface area contributed by atoms with Crippen molar-refractivity contribution < 1.29 is 9.13 Å². The monoisotopic (exact) mass is 503 g/mol. The summed E-state index contributed by atoms with van der Waals surface area (Å²) in [6, 6.07) is 8.93. The number of hydrogen-bond acceptors (Lipinski definition) is 7. The van der Waals surface area contributed by atoms with Crippen molar-refractivity contribution in [1.29, 1.82) is 0 Å². The number of rotatable bonds is 1. The molecular weight excluding hydrogens is 469 g/mol. The molecule has 0 amide bonds. The van der Waals surface area contributed by atoms with Crippen molar-refractivity contribution in [3.05, 3.63) is 72.0 Å². The Labute approximate surface area is 216 Å². The Bertz CT molecular complexity index is 1350. The zero-order valence-corrected chi connectivity index (χ0v) is 21.3. The average Bonchev–Trinajstić information content (AvgIpc) is 3.29. The molecule has 3 aliphatic rings. The smallest absolute Gasteiger partial charge is 0.157 e. The van der Waals surface area contributed by atoms with E-state index in [9.17, 15) is 4.39 Å². The van der Waals surface area contributed by atoms with Crippen LogP contribution in [0.2, 0.25) is 0 Å². The topological polar surface area (TPSA) is 70.0 Å². The van der Waals surface area contributed by atoms with Crippen LogP contribution in [0, 0.1) is 5.82 Å². The molecule has 2 aromatic heterocycles. The minimum absolute atomic E-state index is 0.0237. The fourth-order valence-corrected chi connectivity index (χ4v) is 5.44. The summed E-state index contributed by atoms with van der Waals surface area (Å²) in [5.74, 6) is 1.71. The number of benzene rings is 1. The molecule has 2 saturated heterocycles. The summed E-state index contributed by atoms with van der Waals surface area (Å²) in [6.45, 7) is 13.0. The summed E-state index contributed by atoms with van der Waals surface area (Å²) in [5, 5.41) is 11.8. The number of nitrogens with one attached hydrogen (secondary N) is 2. The SMILES string of the molecule is C=C1COc2ccc(F)cc2C(=C)N2CCCCC2c2cc3nc(C4CNC4)cc(n3n2)N(C)CCN1. The van der Waals surface area contributed by atoms with Gasteiger partial charge in [-0.2, -0.15) is 9.61 Å². The zero-order chi connectivity index (χ0) is 25.5. The van der Waals surface area contributed by atoms with E-state index in [1.807, 2.05) is 4.52 Å². The van der Waals surface area contributed by atoms with E-state index < -0.39 is 0 Å². The third-order valence-corrected chi connectivity index (χ3v) is 7.71. The minimum atomic E-state index is -0.314. The van der Waals surface area contributed by atoms with Crippen LogP contribution >= 0.6 is 0 Å². The second kappa shape index (κ2) is 9.70. The van der Waals surface area contributed by atoms with E-state index in [1.165, 1.54) is 12.1 Å². The largest absolute Gasteiger partial charge is 0.487 e. The molecule has 3 aromatic rings. The summed E-state index contributed by atoms with van der Waals surface area (Å²) in [7, 11) is 2.09. The highest BCUT2D eigenvalue weighted by molar-refractivity contribution is 5.68. The van der Waals surface area contributed by atoms with Crippen LogP contribution < -0.4 is 20.3 Å². The molecule has 1 aromatic carbocycles. The number of piperidine rings is 1. The average molecular weight is 504 g/mol. The lowest BCUT2D eigenvalue weighted by molar-refractivity contribution is 0.225. The second-order valence-electron chi connectivity index (χ2n) is 10.3. The Kier molecular flexibility index (Phi) is 6.24. The van der Waals surface area contributed by atoms with Crippen molar-refractivity contribution in [2.24, 2.45) is 0 Å². The van der Waals surface area contributed by atoms with Gasteiger partial charge in [-0.25, -0.2) is 9.37 Å². The molecule has 0 aliphatic carbocycles. The number of hydrogen-bond donors (Lipinski definition) is 2. The van der Waals surface area contributed by atoms with Crippen molar-refractivity contribution >= 4 is 17.2 Å². The van der Waals surface area contributed by atoms with Crippen molar-refractivity contribution in [1.82, 2.24) is 30.1 Å². The molecule has 2 fully saturated rings. The highest BCUT2D eigenvalue weighted by Crippen LogP contribution is 2.39. The summed E-state index contributed by atoms with van der Waals surface area (Å²) in [5.41, 5.74) is 5.08. The van der Waals surface area contributed by atoms with Gasteiger partial charge >= 0.3 is 0 Å². The second-order valence-corrected chi connectivity index (χ2v) is 10.3. The fraction of sp³-hybridized carbons (Fsp3) is 0.429. The van der Waals surface area contributed by atoms with Gasteiger partial charge in [0.05, 0.1) is 17.4 Å². The summed E-state index contributed by atoms with van der Waals surface area (Å²) in [4.78, 5) is 9.49. The third kappa shape index (κ3) is 4.52. The molecule has 0 radical (unpaired) electrons. The lowest BCUT2D eigenvalue weighted by atomic mass is 9.97. The summed E-state index contributed by atoms with van der Waals surface area (Å²) >= 11 is 0. The lowest BCUT2D eigenvalue weighted by Crippen LogP contribution is -2.40. The number of likely N-dealkylation sites (N-methyl/N-ethyl adjacent to an activating group) is 1. The molecular formula is C28H34FN7O. The van der Waals surface area contributed by atoms with Gasteiger partial charge in [-0.05, 0) is 37.5 Å². The molecule has 0 spiro atoms. The Hall–Kier alpha value is -3.59. The van der Waals surface area contributed by atoms with Crippen LogP contribution in [-0.2, 0) is 0 Å². The van der Waals surface area contributed by atoms with Crippen LogP contribution in [0.5, 0.6) is 5.75 Å². The lowest BCUT2D eigenvalue weighted by Gasteiger charge is -2.38. The van der Waals surface area contributed by atoms with Crippen LogP contribution in [0.3, 0.4) is 0 Å². The number of anilines is 1. The first-order chi connectivity index (χ1) is 18.0. The van der Waals surface area contributed by atoms with Crippen molar-refractivity contribution in [2.75, 3.05) is 51.3 Å². The quantitative estimate of drug-likeness (QED) is 0.525. The highest BCUT2D eigenvalue weighted by Gasteiger charge is 2.30. The van der Waals surface area contributed by atoms with E-state index in [0.29, 0.717) is 23.8 Å². The molecule has 5 heterocycles. The molecule has 2 N–H and O–H groups in total. The summed E-state index contributed by atoms with van der Waals surface area (Å²) < 4.78 is 22.5. The maximum atomic E-state index is 14.4. The van der Waals surface area contributed by atoms with E-state index in [0.717, 1.165) is 79.7 Å². The normalized spacial score (nSPS) is 21.3. The van der Waals surface area contributed by atoms with E-state index >= 15 is 0 Å². The summed E-state index contributed by atoms with van der Waals surface area (Å²) in [6.07, 6.45) is 3.08. The van der Waals surface area contributed by atoms with Crippen LogP contribution in [-0.4, -0.2) is 65.9 Å². The fourth-order valence-electron chi connectivity index (χ4n) is 5.44. The van der Waals surface area contributed by atoms with E-state index in [1.54, 1.807) is 6.07 Å². The van der Waals surface area contributed by atoms with Crippen LogP contribution in [0.4, 0.5) is 10.2 Å². The number of ether oxygens (including phenoxy) is 1. The van der Waals surface area contributed by atoms with Gasteiger partial charge in [0.25, 0.3) is 0 Å². The standard InChI is InChI=1S/C28H34FN7O/c1-18-17-37-26-8-7-21(29)12-22(26)19(2)35-10-5-4-6-25(35)24-13-27-32-23(20-15-30-16-20)14-28(36(27)33-24)34(3)11-9-31-18/h7-8,12-14,20,25,30-31H,1-2,4-6,9-11,15-17H2,3H3. The van der Waals surface area contributed by atoms with Gasteiger partial charge in [-0.3, -0.25) is 0 Å². The Morgan fingerprint density at radius 1 is 1.08 bits per heavy atom. The van der Waals surface area contributed by atoms with Gasteiger partial charge in [0, 0.05) is 74.8 Å². The highest BCUT2D eigenvalue weighted by atomic mass is 19.1. The number of halogens is 1. The predicted octanol–water partition coefficient (Wildman–Crippen LogP) is 3.69. The molecule has 37 heavy (non-hydrogen) atoms. The van der Waals surface area contributed by atoms with Gasteiger partial charge in [-0.1, -0.05) is 13.2 Å². The van der Waals surface area contributed by atoms with E-state index in [-0.39, 0.29) is 18.5 Å². The van der Waals surface area contributed by atoms with Crippen LogP contribution in [0.1, 0.15) is 48.2 Å². The first-order valence-corrected chi connectivity index (χ1v) is 13.1. The first-order valence-electron chi connectivity index (χ1n) is 13.1. The molecule has 1 unspecified atom stereocenters. The van der Waals surface area contributed by atoms with Gasteiger partial charge in [0.2, 0.25) is 0 Å². The predicted molar refractivity (Wildman–Crippen MR) is 143 cm³/mol. The molecule has 8 nitrogen and oxygen atoms in total. The van der Waals surface area contributed by atoms with Gasteiger partial charge < -0.3 is 25.2 Å². The molecule has 3 aliphatic heterocycles. The zero-order valence-electron chi connectivity index (χ0n) is 21.3. The molecule has 194 valence electrons. The molecule has 1 atom stereocenters. The molecule has 6 rings (SSSR count). The minimum Gasteiger partial charge on any atom is -0.487 e. The Morgan fingerprint density at radius 2 is 1.95 bits per heavy atom. The third-order valence-electron chi connectivity index (χ3n) is 7.71. The molecule has 9 heteroatoms. The van der Waals surface area contributed by atoms with E-state index in [4.69, 9.17) is 14.8 Å². The number of fused-ring (bicyclic) bond motifs is 4. The van der Waals surface area contributed by atoms with Crippen molar-refractivity contribution in [3.63, 3.8) is 0 Å². The van der Waals surface area contributed by atoms with Crippen LogP contribution in [0.25, 0.3) is 11.3 Å². The Morgan fingerprint density at radius 3 is 2.76 bits per heavy atom. The number of nitrogens with zero attached hydrogens (tertiary/aromatic N) is 5. The molecule has 2 bridgehead atoms. The maximum Gasteiger partial charge on any atom is 0.157 e. The van der Waals surface area contributed by atoms with Crippen molar-refractivity contribution in [3.8, 4) is 5.75 Å². The van der Waals surface area contributed by atoms with E-state index in [2.05, 4.69) is 52.8 Å².